The minimum absolute atomic E-state index is 0.0707. The van der Waals surface area contributed by atoms with Crippen molar-refractivity contribution in [2.75, 3.05) is 6.61 Å². The van der Waals surface area contributed by atoms with Crippen LogP contribution in [-0.2, 0) is 10.0 Å². The summed E-state index contributed by atoms with van der Waals surface area (Å²) in [6.45, 7) is 3.96. The van der Waals surface area contributed by atoms with E-state index < -0.39 is 14.9 Å². The molecule has 8 heteroatoms. The van der Waals surface area contributed by atoms with E-state index >= 15 is 0 Å². The highest BCUT2D eigenvalue weighted by molar-refractivity contribution is 7.89. The van der Waals surface area contributed by atoms with Gasteiger partial charge in [0, 0.05) is 6.07 Å². The fourth-order valence-electron chi connectivity index (χ4n) is 1.93. The van der Waals surface area contributed by atoms with Crippen LogP contribution in [0.25, 0.3) is 0 Å². The largest absolute Gasteiger partial charge is 0.487 e. The Morgan fingerprint density at radius 3 is 2.48 bits per heavy atom. The van der Waals surface area contributed by atoms with Gasteiger partial charge in [0.25, 0.3) is 0 Å². The number of nitro benzene ring substituents is 1. The number of rotatable bonds is 8. The number of hydrogen-bond acceptors (Lipinski definition) is 5. The number of ether oxygens (including phenoxy) is 1. The Balaban J connectivity index is 2.99. The zero-order valence-electron chi connectivity index (χ0n) is 12.2. The van der Waals surface area contributed by atoms with Gasteiger partial charge in [-0.1, -0.05) is 26.2 Å². The summed E-state index contributed by atoms with van der Waals surface area (Å²) >= 11 is 0. The van der Waals surface area contributed by atoms with Gasteiger partial charge in [-0.15, -0.1) is 0 Å². The molecule has 0 atom stereocenters. The van der Waals surface area contributed by atoms with Crippen molar-refractivity contribution in [3.8, 4) is 5.75 Å². The maximum Gasteiger partial charge on any atom is 0.312 e. The zero-order valence-corrected chi connectivity index (χ0v) is 13.0. The summed E-state index contributed by atoms with van der Waals surface area (Å²) in [5.41, 5.74) is -0.0632. The maximum absolute atomic E-state index is 11.4. The molecular weight excluding hydrogens is 296 g/mol. The molecule has 0 aliphatic heterocycles. The van der Waals surface area contributed by atoms with Crippen molar-refractivity contribution < 1.29 is 18.1 Å². The van der Waals surface area contributed by atoms with Crippen molar-refractivity contribution in [1.29, 1.82) is 0 Å². The van der Waals surface area contributed by atoms with E-state index in [0.717, 1.165) is 31.7 Å². The number of primary sulfonamides is 1. The number of sulfonamides is 1. The molecule has 21 heavy (non-hydrogen) atoms. The molecule has 2 N–H and O–H groups in total. The maximum atomic E-state index is 11.4. The minimum Gasteiger partial charge on any atom is -0.487 e. The van der Waals surface area contributed by atoms with Crippen LogP contribution in [0.2, 0.25) is 0 Å². The van der Waals surface area contributed by atoms with Gasteiger partial charge in [0.15, 0.2) is 5.75 Å². The fourth-order valence-corrected chi connectivity index (χ4v) is 2.71. The number of unbranched alkanes of at least 4 members (excludes halogenated alkanes) is 3. The lowest BCUT2D eigenvalue weighted by molar-refractivity contribution is -0.386. The number of nitro groups is 1. The van der Waals surface area contributed by atoms with Crippen LogP contribution in [0.3, 0.4) is 0 Å². The van der Waals surface area contributed by atoms with Gasteiger partial charge >= 0.3 is 5.69 Å². The van der Waals surface area contributed by atoms with Crippen LogP contribution in [0.1, 0.15) is 38.2 Å². The molecule has 1 aromatic carbocycles. The second kappa shape index (κ2) is 7.37. The number of benzene rings is 1. The third-order valence-corrected chi connectivity index (χ3v) is 4.07. The fraction of sp³-hybridized carbons (Fsp3) is 0.538. The molecule has 0 spiro atoms. The molecule has 7 nitrogen and oxygen atoms in total. The molecule has 1 rings (SSSR count). The second-order valence-corrected chi connectivity index (χ2v) is 6.33. The Bertz CT molecular complexity index is 613. The van der Waals surface area contributed by atoms with Gasteiger partial charge in [0.1, 0.15) is 0 Å². The predicted octanol–water partition coefficient (Wildman–Crippen LogP) is 2.51. The highest BCUT2D eigenvalue weighted by Gasteiger charge is 2.22. The first-order chi connectivity index (χ1) is 9.77. The Labute approximate surface area is 124 Å². The van der Waals surface area contributed by atoms with Crippen LogP contribution in [0, 0.1) is 17.0 Å². The Morgan fingerprint density at radius 1 is 1.29 bits per heavy atom. The number of hydrogen-bond donors (Lipinski definition) is 1. The van der Waals surface area contributed by atoms with Crippen molar-refractivity contribution in [3.05, 3.63) is 27.8 Å². The summed E-state index contributed by atoms with van der Waals surface area (Å²) in [5.74, 6) is 0.0707. The molecule has 0 radical (unpaired) electrons. The summed E-state index contributed by atoms with van der Waals surface area (Å²) in [5, 5.41) is 16.1. The molecule has 0 aliphatic carbocycles. The van der Waals surface area contributed by atoms with E-state index in [0.29, 0.717) is 12.2 Å². The SMILES string of the molecule is CCCCCCOc1cc(C)c(S(N)(=O)=O)cc1[N+](=O)[O-]. The monoisotopic (exact) mass is 316 g/mol. The lowest BCUT2D eigenvalue weighted by atomic mass is 10.2. The molecule has 0 unspecified atom stereocenters. The van der Waals surface area contributed by atoms with Crippen molar-refractivity contribution in [2.24, 2.45) is 5.14 Å². The third-order valence-electron chi connectivity index (χ3n) is 3.02. The van der Waals surface area contributed by atoms with Crippen molar-refractivity contribution in [1.82, 2.24) is 0 Å². The number of nitrogens with two attached hydrogens (primary N) is 1. The van der Waals surface area contributed by atoms with Gasteiger partial charge in [-0.05, 0) is 25.0 Å². The van der Waals surface area contributed by atoms with Gasteiger partial charge in [0.05, 0.1) is 16.4 Å². The summed E-state index contributed by atoms with van der Waals surface area (Å²) in [6.07, 6.45) is 3.94. The normalized spacial score (nSPS) is 11.4. The molecule has 118 valence electrons. The minimum atomic E-state index is -4.00. The molecule has 0 saturated heterocycles. The smallest absolute Gasteiger partial charge is 0.312 e. The van der Waals surface area contributed by atoms with Crippen LogP contribution < -0.4 is 9.88 Å². The quantitative estimate of drug-likeness (QED) is 0.450. The Kier molecular flexibility index (Phi) is 6.10. The molecule has 0 heterocycles. The van der Waals surface area contributed by atoms with Crippen molar-refractivity contribution >= 4 is 15.7 Å². The topological polar surface area (TPSA) is 113 Å². The van der Waals surface area contributed by atoms with Gasteiger partial charge in [-0.2, -0.15) is 0 Å². The van der Waals surface area contributed by atoms with Crippen LogP contribution in [0.4, 0.5) is 5.69 Å². The molecule has 1 aromatic rings. The van der Waals surface area contributed by atoms with Gasteiger partial charge < -0.3 is 4.74 Å². The first-order valence-electron chi connectivity index (χ1n) is 6.72. The first kappa shape index (κ1) is 17.4. The van der Waals surface area contributed by atoms with E-state index in [4.69, 9.17) is 9.88 Å². The molecule has 0 aliphatic rings. The number of nitrogens with zero attached hydrogens (tertiary/aromatic N) is 1. The van der Waals surface area contributed by atoms with Gasteiger partial charge in [-0.3, -0.25) is 10.1 Å². The van der Waals surface area contributed by atoms with E-state index in [1.807, 2.05) is 0 Å². The summed E-state index contributed by atoms with van der Waals surface area (Å²) in [6, 6.07) is 2.30. The molecule has 0 amide bonds. The molecular formula is C13H20N2O5S. The van der Waals surface area contributed by atoms with Crippen LogP contribution in [0.15, 0.2) is 17.0 Å². The number of aryl methyl sites for hydroxylation is 1. The Hall–Kier alpha value is -1.67. The van der Waals surface area contributed by atoms with E-state index in [1.54, 1.807) is 0 Å². The summed E-state index contributed by atoms with van der Waals surface area (Å²) in [7, 11) is -4.00. The predicted molar refractivity (Wildman–Crippen MR) is 78.8 cm³/mol. The van der Waals surface area contributed by atoms with Crippen LogP contribution >= 0.6 is 0 Å². The lowest BCUT2D eigenvalue weighted by Crippen LogP contribution is -2.14. The molecule has 0 aromatic heterocycles. The summed E-state index contributed by atoms with van der Waals surface area (Å²) < 4.78 is 28.2. The Morgan fingerprint density at radius 2 is 1.95 bits per heavy atom. The highest BCUT2D eigenvalue weighted by Crippen LogP contribution is 2.32. The van der Waals surface area contributed by atoms with E-state index in [9.17, 15) is 18.5 Å². The van der Waals surface area contributed by atoms with Crippen LogP contribution in [0.5, 0.6) is 5.75 Å². The van der Waals surface area contributed by atoms with Gasteiger partial charge in [-0.25, -0.2) is 13.6 Å². The van der Waals surface area contributed by atoms with Crippen molar-refractivity contribution in [2.45, 2.75) is 44.4 Å². The third kappa shape index (κ3) is 4.98. The van der Waals surface area contributed by atoms with E-state index in [1.165, 1.54) is 13.0 Å². The van der Waals surface area contributed by atoms with Gasteiger partial charge in [0.2, 0.25) is 10.0 Å². The molecule has 0 fully saturated rings. The zero-order chi connectivity index (χ0) is 16.0. The average Bonchev–Trinajstić information content (AvgIpc) is 2.36. The highest BCUT2D eigenvalue weighted by atomic mass is 32.2. The molecule has 0 bridgehead atoms. The second-order valence-electron chi connectivity index (χ2n) is 4.80. The van der Waals surface area contributed by atoms with Crippen LogP contribution in [-0.4, -0.2) is 19.9 Å². The van der Waals surface area contributed by atoms with Crippen molar-refractivity contribution in [3.63, 3.8) is 0 Å². The average molecular weight is 316 g/mol. The molecule has 0 saturated carbocycles. The summed E-state index contributed by atoms with van der Waals surface area (Å²) in [4.78, 5) is 10.1. The standard InChI is InChI=1S/C13H20N2O5S/c1-3-4-5-6-7-20-12-8-10(2)13(21(14,18)19)9-11(12)15(16)17/h8-9H,3-7H2,1-2H3,(H2,14,18,19). The lowest BCUT2D eigenvalue weighted by Gasteiger charge is -2.10. The van der Waals surface area contributed by atoms with E-state index in [-0.39, 0.29) is 16.3 Å². The van der Waals surface area contributed by atoms with E-state index in [2.05, 4.69) is 6.92 Å². The first-order valence-corrected chi connectivity index (χ1v) is 8.26.